The van der Waals surface area contributed by atoms with Crippen LogP contribution in [0.1, 0.15) is 13.3 Å². The lowest BCUT2D eigenvalue weighted by molar-refractivity contribution is -0.118. The van der Waals surface area contributed by atoms with Crippen molar-refractivity contribution in [1.29, 1.82) is 0 Å². The molecule has 26 heavy (non-hydrogen) atoms. The number of aromatic nitrogens is 2. The van der Waals surface area contributed by atoms with Crippen LogP contribution in [0.2, 0.25) is 0 Å². The predicted molar refractivity (Wildman–Crippen MR) is 111 cm³/mol. The fourth-order valence-electron chi connectivity index (χ4n) is 2.66. The molecule has 1 N–H and O–H groups in total. The molecule has 0 saturated heterocycles. The van der Waals surface area contributed by atoms with E-state index in [1.54, 1.807) is 0 Å². The van der Waals surface area contributed by atoms with Crippen LogP contribution in [-0.4, -0.2) is 33.5 Å². The maximum absolute atomic E-state index is 12.1. The zero-order chi connectivity index (χ0) is 18.2. The van der Waals surface area contributed by atoms with E-state index in [2.05, 4.69) is 40.0 Å². The molecule has 6 heteroatoms. The van der Waals surface area contributed by atoms with E-state index in [9.17, 15) is 4.79 Å². The summed E-state index contributed by atoms with van der Waals surface area (Å²) in [6.07, 6.45) is 0.962. The number of nitrogens with one attached hydrogen (secondary N) is 1. The van der Waals surface area contributed by atoms with Crippen LogP contribution in [0.5, 0.6) is 0 Å². The van der Waals surface area contributed by atoms with Crippen molar-refractivity contribution in [2.75, 3.05) is 18.1 Å². The molecule has 0 aliphatic heterocycles. The molecule has 0 unspecified atom stereocenters. The van der Waals surface area contributed by atoms with Gasteiger partial charge >= 0.3 is 0 Å². The Morgan fingerprint density at radius 3 is 2.65 bits per heavy atom. The number of hydrogen-bond donors (Lipinski definition) is 1. The van der Waals surface area contributed by atoms with Gasteiger partial charge in [0, 0.05) is 18.0 Å². The molecule has 136 valence electrons. The first-order valence-electron chi connectivity index (χ1n) is 8.80. The molecule has 1 aromatic heterocycles. The molecule has 2 aromatic carbocycles. The van der Waals surface area contributed by atoms with Crippen molar-refractivity contribution >= 4 is 40.5 Å². The summed E-state index contributed by atoms with van der Waals surface area (Å²) < 4.78 is 2.16. The Balaban J connectivity index is 1.40. The topological polar surface area (TPSA) is 46.9 Å². The highest BCUT2D eigenvalue weighted by atomic mass is 32.2. The standard InChI is InChI=1S/C20H23N3OS2/c1-2-23-18-12-7-6-11-17(18)22-20(23)26-15-19(24)21-13-8-14-25-16-9-4-3-5-10-16/h3-7,9-12H,2,8,13-15H2,1H3,(H,21,24). The molecule has 0 fully saturated rings. The monoisotopic (exact) mass is 385 g/mol. The minimum absolute atomic E-state index is 0.0643. The van der Waals surface area contributed by atoms with Crippen LogP contribution in [0.15, 0.2) is 64.6 Å². The Bertz CT molecular complexity index is 849. The van der Waals surface area contributed by atoms with E-state index in [1.807, 2.05) is 48.2 Å². The summed E-state index contributed by atoms with van der Waals surface area (Å²) in [4.78, 5) is 18.0. The molecule has 4 nitrogen and oxygen atoms in total. The van der Waals surface area contributed by atoms with E-state index in [0.717, 1.165) is 34.9 Å². The number of benzene rings is 2. The largest absolute Gasteiger partial charge is 0.355 e. The van der Waals surface area contributed by atoms with Crippen LogP contribution in [-0.2, 0) is 11.3 Å². The summed E-state index contributed by atoms with van der Waals surface area (Å²) in [7, 11) is 0. The van der Waals surface area contributed by atoms with Crippen molar-refractivity contribution in [3.8, 4) is 0 Å². The van der Waals surface area contributed by atoms with Gasteiger partial charge in [-0.2, -0.15) is 0 Å². The van der Waals surface area contributed by atoms with E-state index >= 15 is 0 Å². The van der Waals surface area contributed by atoms with Crippen molar-refractivity contribution in [3.05, 3.63) is 54.6 Å². The van der Waals surface area contributed by atoms with E-state index in [1.165, 1.54) is 16.7 Å². The molecule has 0 aliphatic carbocycles. The zero-order valence-electron chi connectivity index (χ0n) is 14.9. The minimum atomic E-state index is 0.0643. The number of rotatable bonds is 9. The van der Waals surface area contributed by atoms with Crippen LogP contribution in [0.4, 0.5) is 0 Å². The van der Waals surface area contributed by atoms with Gasteiger partial charge in [-0.1, -0.05) is 42.1 Å². The number of carbonyl (C=O) groups is 1. The second-order valence-electron chi connectivity index (χ2n) is 5.78. The lowest BCUT2D eigenvalue weighted by Crippen LogP contribution is -2.26. The zero-order valence-corrected chi connectivity index (χ0v) is 16.5. The second kappa shape index (κ2) is 9.69. The summed E-state index contributed by atoms with van der Waals surface area (Å²) in [6.45, 7) is 3.66. The third-order valence-corrected chi connectivity index (χ3v) is 6.00. The molecule has 0 bridgehead atoms. The summed E-state index contributed by atoms with van der Waals surface area (Å²) in [6, 6.07) is 18.4. The first-order chi connectivity index (χ1) is 12.8. The summed E-state index contributed by atoms with van der Waals surface area (Å²) in [5, 5.41) is 3.91. The lowest BCUT2D eigenvalue weighted by atomic mass is 10.3. The molecular formula is C20H23N3OS2. The van der Waals surface area contributed by atoms with Gasteiger partial charge in [0.05, 0.1) is 16.8 Å². The maximum atomic E-state index is 12.1. The number of amides is 1. The quantitative estimate of drug-likeness (QED) is 0.437. The Hall–Kier alpha value is -1.92. The first-order valence-corrected chi connectivity index (χ1v) is 10.8. The Kier molecular flexibility index (Phi) is 7.03. The molecule has 1 heterocycles. The van der Waals surface area contributed by atoms with Crippen LogP contribution >= 0.6 is 23.5 Å². The van der Waals surface area contributed by atoms with Gasteiger partial charge in [-0.3, -0.25) is 4.79 Å². The average Bonchev–Trinajstić information content (AvgIpc) is 3.04. The molecule has 3 rings (SSSR count). The Labute approximate surface area is 162 Å². The van der Waals surface area contributed by atoms with Gasteiger partial charge in [0.1, 0.15) is 0 Å². The molecule has 0 saturated carbocycles. The maximum Gasteiger partial charge on any atom is 0.230 e. The van der Waals surface area contributed by atoms with Crippen LogP contribution in [0.25, 0.3) is 11.0 Å². The minimum Gasteiger partial charge on any atom is -0.355 e. The number of carbonyl (C=O) groups excluding carboxylic acids is 1. The van der Waals surface area contributed by atoms with Gasteiger partial charge < -0.3 is 9.88 Å². The van der Waals surface area contributed by atoms with Crippen LogP contribution in [0, 0.1) is 0 Å². The SMILES string of the molecule is CCn1c(SCC(=O)NCCCSc2ccccc2)nc2ccccc21. The second-order valence-corrected chi connectivity index (χ2v) is 7.89. The highest BCUT2D eigenvalue weighted by Crippen LogP contribution is 2.23. The van der Waals surface area contributed by atoms with Gasteiger partial charge in [0.2, 0.25) is 5.91 Å². The molecule has 1 amide bonds. The third kappa shape index (κ3) is 5.05. The van der Waals surface area contributed by atoms with Crippen molar-refractivity contribution in [2.24, 2.45) is 0 Å². The molecular weight excluding hydrogens is 362 g/mol. The number of thioether (sulfide) groups is 2. The summed E-state index contributed by atoms with van der Waals surface area (Å²) in [5.74, 6) is 1.47. The fraction of sp³-hybridized carbons (Fsp3) is 0.300. The fourth-order valence-corrected chi connectivity index (χ4v) is 4.44. The van der Waals surface area contributed by atoms with Gasteiger partial charge in [0.15, 0.2) is 5.16 Å². The van der Waals surface area contributed by atoms with Crippen LogP contribution < -0.4 is 5.32 Å². The number of hydrogen-bond acceptors (Lipinski definition) is 4. The Morgan fingerprint density at radius 2 is 1.85 bits per heavy atom. The normalized spacial score (nSPS) is 11.0. The van der Waals surface area contributed by atoms with E-state index in [4.69, 9.17) is 0 Å². The number of imidazole rings is 1. The van der Waals surface area contributed by atoms with Gasteiger partial charge in [-0.25, -0.2) is 4.98 Å². The Morgan fingerprint density at radius 1 is 1.08 bits per heavy atom. The predicted octanol–water partition coefficient (Wildman–Crippen LogP) is 4.45. The highest BCUT2D eigenvalue weighted by Gasteiger charge is 2.11. The van der Waals surface area contributed by atoms with Gasteiger partial charge in [-0.05, 0) is 43.4 Å². The van der Waals surface area contributed by atoms with Gasteiger partial charge in [0.25, 0.3) is 0 Å². The number of fused-ring (bicyclic) bond motifs is 1. The highest BCUT2D eigenvalue weighted by molar-refractivity contribution is 7.99. The summed E-state index contributed by atoms with van der Waals surface area (Å²) in [5.41, 5.74) is 2.10. The smallest absolute Gasteiger partial charge is 0.230 e. The van der Waals surface area contributed by atoms with Crippen molar-refractivity contribution in [3.63, 3.8) is 0 Å². The lowest BCUT2D eigenvalue weighted by Gasteiger charge is -2.07. The first kappa shape index (κ1) is 18.9. The van der Waals surface area contributed by atoms with E-state index in [-0.39, 0.29) is 5.91 Å². The van der Waals surface area contributed by atoms with Crippen molar-refractivity contribution < 1.29 is 4.79 Å². The number of nitrogens with zero attached hydrogens (tertiary/aromatic N) is 2. The molecule has 0 aliphatic rings. The molecule has 0 spiro atoms. The number of aryl methyl sites for hydroxylation is 1. The van der Waals surface area contributed by atoms with E-state index < -0.39 is 0 Å². The molecule has 0 atom stereocenters. The van der Waals surface area contributed by atoms with Crippen molar-refractivity contribution in [1.82, 2.24) is 14.9 Å². The van der Waals surface area contributed by atoms with Gasteiger partial charge in [-0.15, -0.1) is 11.8 Å². The molecule has 0 radical (unpaired) electrons. The average molecular weight is 386 g/mol. The summed E-state index contributed by atoms with van der Waals surface area (Å²) >= 11 is 3.32. The van der Waals surface area contributed by atoms with Crippen molar-refractivity contribution in [2.45, 2.75) is 29.9 Å². The third-order valence-electron chi connectivity index (χ3n) is 3.92. The molecule has 3 aromatic rings. The van der Waals surface area contributed by atoms with E-state index in [0.29, 0.717) is 12.3 Å². The van der Waals surface area contributed by atoms with Crippen LogP contribution in [0.3, 0.4) is 0 Å². The number of para-hydroxylation sites is 2.